The SMILES string of the molecule is COc1cc(OC)c(C=CS(=O)Cc2ccc(OC)c(NC(C)C(=O)O)c2)c(OC)c1. The standard InChI is InChI=1S/C22H27NO7S/c1-14(22(24)25)23-18-10-15(6-7-19(18)28-3)13-31(26)9-8-17-20(29-4)11-16(27-2)12-21(17)30-5/h6-12,14,23H,13H2,1-5H3,(H,24,25). The molecule has 0 aliphatic rings. The Hall–Kier alpha value is -3.20. The average Bonchev–Trinajstić information content (AvgIpc) is 2.77. The lowest BCUT2D eigenvalue weighted by Crippen LogP contribution is -2.25. The molecule has 31 heavy (non-hydrogen) atoms. The van der Waals surface area contributed by atoms with Crippen molar-refractivity contribution in [3.8, 4) is 23.0 Å². The van der Waals surface area contributed by atoms with Crippen molar-refractivity contribution in [3.63, 3.8) is 0 Å². The predicted octanol–water partition coefficient (Wildman–Crippen LogP) is 3.53. The van der Waals surface area contributed by atoms with Crippen LogP contribution in [-0.2, 0) is 21.3 Å². The number of methoxy groups -OCH3 is 4. The Balaban J connectivity index is 2.23. The highest BCUT2D eigenvalue weighted by atomic mass is 32.2. The summed E-state index contributed by atoms with van der Waals surface area (Å²) in [4.78, 5) is 11.1. The molecule has 0 saturated carbocycles. The van der Waals surface area contributed by atoms with E-state index in [4.69, 9.17) is 24.1 Å². The van der Waals surface area contributed by atoms with Gasteiger partial charge in [-0.05, 0) is 30.7 Å². The number of aliphatic carboxylic acids is 1. The van der Waals surface area contributed by atoms with Gasteiger partial charge in [-0.2, -0.15) is 0 Å². The lowest BCUT2D eigenvalue weighted by Gasteiger charge is -2.15. The molecule has 0 bridgehead atoms. The molecule has 9 heteroatoms. The van der Waals surface area contributed by atoms with Gasteiger partial charge in [-0.1, -0.05) is 6.07 Å². The van der Waals surface area contributed by atoms with Crippen molar-refractivity contribution in [2.45, 2.75) is 18.7 Å². The third-order valence-corrected chi connectivity index (χ3v) is 5.51. The molecule has 0 aromatic heterocycles. The number of ether oxygens (including phenoxy) is 4. The van der Waals surface area contributed by atoms with Crippen LogP contribution in [0.3, 0.4) is 0 Å². The summed E-state index contributed by atoms with van der Waals surface area (Å²) in [6, 6.07) is 7.87. The van der Waals surface area contributed by atoms with Gasteiger partial charge < -0.3 is 29.4 Å². The number of carboxylic acids is 1. The van der Waals surface area contributed by atoms with Crippen LogP contribution in [0.25, 0.3) is 6.08 Å². The topological polar surface area (TPSA) is 103 Å². The molecule has 2 aromatic carbocycles. The van der Waals surface area contributed by atoms with E-state index in [1.54, 1.807) is 48.9 Å². The minimum atomic E-state index is -1.35. The molecule has 0 saturated heterocycles. The van der Waals surface area contributed by atoms with Gasteiger partial charge >= 0.3 is 5.97 Å². The molecule has 0 heterocycles. The number of nitrogens with one attached hydrogen (secondary N) is 1. The van der Waals surface area contributed by atoms with Crippen LogP contribution in [0.15, 0.2) is 35.7 Å². The molecular formula is C22H27NO7S. The van der Waals surface area contributed by atoms with Crippen molar-refractivity contribution in [3.05, 3.63) is 46.9 Å². The fourth-order valence-corrected chi connectivity index (χ4v) is 3.70. The van der Waals surface area contributed by atoms with Crippen molar-refractivity contribution in [1.29, 1.82) is 0 Å². The van der Waals surface area contributed by atoms with Gasteiger partial charge in [-0.25, -0.2) is 0 Å². The summed E-state index contributed by atoms with van der Waals surface area (Å²) in [5.41, 5.74) is 1.93. The molecule has 2 rings (SSSR count). The lowest BCUT2D eigenvalue weighted by molar-refractivity contribution is -0.137. The first-order chi connectivity index (χ1) is 14.8. The first kappa shape index (κ1) is 24.1. The van der Waals surface area contributed by atoms with Crippen LogP contribution in [0, 0.1) is 0 Å². The van der Waals surface area contributed by atoms with E-state index in [0.29, 0.717) is 34.2 Å². The van der Waals surface area contributed by atoms with Gasteiger partial charge in [-0.15, -0.1) is 0 Å². The van der Waals surface area contributed by atoms with Crippen LogP contribution >= 0.6 is 0 Å². The van der Waals surface area contributed by atoms with Gasteiger partial charge in [-0.3, -0.25) is 9.00 Å². The maximum Gasteiger partial charge on any atom is 0.325 e. The molecule has 168 valence electrons. The fraction of sp³-hybridized carbons (Fsp3) is 0.318. The van der Waals surface area contributed by atoms with Crippen LogP contribution in [-0.4, -0.2) is 49.8 Å². The first-order valence-electron chi connectivity index (χ1n) is 9.34. The van der Waals surface area contributed by atoms with Gasteiger partial charge in [0, 0.05) is 17.5 Å². The lowest BCUT2D eigenvalue weighted by atomic mass is 10.1. The molecule has 0 spiro atoms. The van der Waals surface area contributed by atoms with Crippen LogP contribution in [0.2, 0.25) is 0 Å². The van der Waals surface area contributed by atoms with E-state index in [0.717, 1.165) is 5.56 Å². The zero-order chi connectivity index (χ0) is 23.0. The summed E-state index contributed by atoms with van der Waals surface area (Å²) in [6.07, 6.45) is 1.68. The van der Waals surface area contributed by atoms with Gasteiger partial charge in [0.15, 0.2) is 0 Å². The second-order valence-corrected chi connectivity index (χ2v) is 7.83. The Morgan fingerprint density at radius 3 is 2.16 bits per heavy atom. The molecule has 8 nitrogen and oxygen atoms in total. The van der Waals surface area contributed by atoms with Crippen LogP contribution in [0.1, 0.15) is 18.1 Å². The summed E-state index contributed by atoms with van der Waals surface area (Å²) >= 11 is 0. The highest BCUT2D eigenvalue weighted by molar-refractivity contribution is 7.87. The van der Waals surface area contributed by atoms with Crippen molar-refractivity contribution in [2.75, 3.05) is 33.8 Å². The van der Waals surface area contributed by atoms with Gasteiger partial charge in [0.25, 0.3) is 0 Å². The second kappa shape index (κ2) is 11.3. The van der Waals surface area contributed by atoms with Crippen molar-refractivity contribution in [2.24, 2.45) is 0 Å². The minimum Gasteiger partial charge on any atom is -0.496 e. The van der Waals surface area contributed by atoms with E-state index in [-0.39, 0.29) is 5.75 Å². The Kier molecular flexibility index (Phi) is 8.75. The zero-order valence-corrected chi connectivity index (χ0v) is 18.9. The summed E-state index contributed by atoms with van der Waals surface area (Å²) in [7, 11) is 4.77. The van der Waals surface area contributed by atoms with Gasteiger partial charge in [0.2, 0.25) is 0 Å². The molecule has 2 N–H and O–H groups in total. The quantitative estimate of drug-likeness (QED) is 0.537. The highest BCUT2D eigenvalue weighted by Gasteiger charge is 2.15. The van der Waals surface area contributed by atoms with Crippen molar-refractivity contribution >= 4 is 28.5 Å². The molecule has 0 aliphatic heterocycles. The summed E-state index contributed by atoms with van der Waals surface area (Å²) in [5, 5.41) is 13.6. The second-order valence-electron chi connectivity index (χ2n) is 6.51. The molecule has 2 atom stereocenters. The highest BCUT2D eigenvalue weighted by Crippen LogP contribution is 2.35. The van der Waals surface area contributed by atoms with Crippen LogP contribution < -0.4 is 24.3 Å². The third kappa shape index (κ3) is 6.39. The number of benzene rings is 2. The zero-order valence-electron chi connectivity index (χ0n) is 18.1. The predicted molar refractivity (Wildman–Crippen MR) is 121 cm³/mol. The molecular weight excluding hydrogens is 422 g/mol. The largest absolute Gasteiger partial charge is 0.496 e. The van der Waals surface area contributed by atoms with Crippen LogP contribution in [0.5, 0.6) is 23.0 Å². The number of carboxylic acid groups (broad SMARTS) is 1. The molecule has 2 aromatic rings. The molecule has 0 aliphatic carbocycles. The van der Waals surface area contributed by atoms with E-state index in [1.807, 2.05) is 0 Å². The number of carbonyl (C=O) groups is 1. The smallest absolute Gasteiger partial charge is 0.325 e. The first-order valence-corrected chi connectivity index (χ1v) is 10.7. The van der Waals surface area contributed by atoms with Crippen molar-refractivity contribution < 1.29 is 33.1 Å². The van der Waals surface area contributed by atoms with Gasteiger partial charge in [0.05, 0.1) is 56.2 Å². The number of hydrogen-bond acceptors (Lipinski definition) is 7. The minimum absolute atomic E-state index is 0.234. The van der Waals surface area contributed by atoms with E-state index in [1.165, 1.54) is 28.3 Å². The normalized spacial score (nSPS) is 12.8. The van der Waals surface area contributed by atoms with E-state index in [2.05, 4.69) is 5.32 Å². The van der Waals surface area contributed by atoms with Crippen LogP contribution in [0.4, 0.5) is 5.69 Å². The Bertz CT molecular complexity index is 949. The van der Waals surface area contributed by atoms with Crippen molar-refractivity contribution in [1.82, 2.24) is 0 Å². The molecule has 0 radical (unpaired) electrons. The summed E-state index contributed by atoms with van der Waals surface area (Å²) in [6.45, 7) is 1.53. The van der Waals surface area contributed by atoms with Gasteiger partial charge in [0.1, 0.15) is 29.0 Å². The Morgan fingerprint density at radius 2 is 1.65 bits per heavy atom. The number of hydrogen-bond donors (Lipinski definition) is 2. The maximum absolute atomic E-state index is 12.7. The van der Waals surface area contributed by atoms with E-state index >= 15 is 0 Å². The Morgan fingerprint density at radius 1 is 1.03 bits per heavy atom. The Labute approximate surface area is 184 Å². The fourth-order valence-electron chi connectivity index (χ4n) is 2.81. The van der Waals surface area contributed by atoms with E-state index in [9.17, 15) is 9.00 Å². The molecule has 0 fully saturated rings. The number of rotatable bonds is 11. The maximum atomic E-state index is 12.7. The molecule has 2 unspecified atom stereocenters. The third-order valence-electron chi connectivity index (χ3n) is 4.45. The average molecular weight is 450 g/mol. The summed E-state index contributed by atoms with van der Waals surface area (Å²) in [5.74, 6) is 1.40. The molecule has 0 amide bonds. The monoisotopic (exact) mass is 449 g/mol. The van der Waals surface area contributed by atoms with E-state index < -0.39 is 22.8 Å². The number of anilines is 1. The summed E-state index contributed by atoms with van der Waals surface area (Å²) < 4.78 is 34.0.